The van der Waals surface area contributed by atoms with Gasteiger partial charge in [-0.25, -0.2) is 9.97 Å². The van der Waals surface area contributed by atoms with Crippen LogP contribution in [0.25, 0.3) is 11.3 Å². The Morgan fingerprint density at radius 2 is 1.71 bits per heavy atom. The van der Waals surface area contributed by atoms with E-state index in [1.807, 2.05) is 18.2 Å². The molecule has 8 heteroatoms. The average Bonchev–Trinajstić information content (AvgIpc) is 2.89. The summed E-state index contributed by atoms with van der Waals surface area (Å²) in [4.78, 5) is 21.4. The number of benzene rings is 3. The Balaban J connectivity index is 1.35. The van der Waals surface area contributed by atoms with Gasteiger partial charge in [0, 0.05) is 28.9 Å². The number of ether oxygens (including phenoxy) is 4. The monoisotopic (exact) mass is 455 g/mol. The molecular formula is C26H21N3O5. The van der Waals surface area contributed by atoms with E-state index in [1.165, 1.54) is 6.33 Å². The number of hydrogen-bond acceptors (Lipinski definition) is 7. The normalized spacial score (nSPS) is 12.0. The third-order valence-electron chi connectivity index (χ3n) is 5.15. The molecule has 5 rings (SSSR count). The largest absolute Gasteiger partial charge is 0.493 e. The summed E-state index contributed by atoms with van der Waals surface area (Å²) < 4.78 is 22.3. The Labute approximate surface area is 196 Å². The van der Waals surface area contributed by atoms with E-state index >= 15 is 0 Å². The third kappa shape index (κ3) is 4.61. The van der Waals surface area contributed by atoms with Crippen molar-refractivity contribution in [2.24, 2.45) is 0 Å². The predicted octanol–water partition coefficient (Wildman–Crippen LogP) is 4.97. The zero-order chi connectivity index (χ0) is 23.3. The van der Waals surface area contributed by atoms with Gasteiger partial charge >= 0.3 is 0 Å². The molecule has 1 aliphatic rings. The van der Waals surface area contributed by atoms with Crippen LogP contribution in [0.2, 0.25) is 0 Å². The summed E-state index contributed by atoms with van der Waals surface area (Å²) in [5.74, 6) is 2.53. The van der Waals surface area contributed by atoms with Crippen LogP contribution in [0.5, 0.6) is 28.9 Å². The number of carbonyl (C=O) groups excluding carboxylic acids is 1. The average molecular weight is 455 g/mol. The van der Waals surface area contributed by atoms with E-state index in [0.717, 1.165) is 5.56 Å². The molecule has 170 valence electrons. The molecule has 1 amide bonds. The Morgan fingerprint density at radius 1 is 0.882 bits per heavy atom. The summed E-state index contributed by atoms with van der Waals surface area (Å²) in [6.07, 6.45) is 1.42. The van der Waals surface area contributed by atoms with Gasteiger partial charge in [0.25, 0.3) is 5.91 Å². The molecule has 0 saturated heterocycles. The fourth-order valence-electron chi connectivity index (χ4n) is 3.51. The molecule has 0 atom stereocenters. The van der Waals surface area contributed by atoms with E-state index in [4.69, 9.17) is 18.9 Å². The molecular weight excluding hydrogens is 434 g/mol. The third-order valence-corrected chi connectivity index (χ3v) is 5.15. The first-order valence-corrected chi connectivity index (χ1v) is 10.6. The van der Waals surface area contributed by atoms with Gasteiger partial charge in [-0.15, -0.1) is 0 Å². The number of para-hydroxylation sites is 2. The number of fused-ring (bicyclic) bond motifs is 1. The van der Waals surface area contributed by atoms with Gasteiger partial charge in [-0.1, -0.05) is 24.3 Å². The van der Waals surface area contributed by atoms with E-state index in [9.17, 15) is 4.79 Å². The van der Waals surface area contributed by atoms with Crippen molar-refractivity contribution in [3.05, 3.63) is 84.7 Å². The summed E-state index contributed by atoms with van der Waals surface area (Å²) in [5.41, 5.74) is 2.48. The minimum absolute atomic E-state index is 0.252. The first kappa shape index (κ1) is 21.3. The lowest BCUT2D eigenvalue weighted by molar-refractivity contribution is 0.102. The van der Waals surface area contributed by atoms with Crippen LogP contribution in [0.1, 0.15) is 10.4 Å². The lowest BCUT2D eigenvalue weighted by atomic mass is 10.1. The number of rotatable bonds is 6. The number of nitrogens with one attached hydrogen (secondary N) is 1. The second kappa shape index (κ2) is 9.50. The van der Waals surface area contributed by atoms with E-state index in [-0.39, 0.29) is 5.91 Å². The van der Waals surface area contributed by atoms with Crippen molar-refractivity contribution in [2.45, 2.75) is 0 Å². The van der Waals surface area contributed by atoms with Gasteiger partial charge in [0.1, 0.15) is 19.5 Å². The first-order valence-electron chi connectivity index (χ1n) is 10.6. The van der Waals surface area contributed by atoms with Crippen molar-refractivity contribution in [1.82, 2.24) is 9.97 Å². The maximum atomic E-state index is 12.9. The molecule has 8 nitrogen and oxygen atoms in total. The Morgan fingerprint density at radius 3 is 2.56 bits per heavy atom. The van der Waals surface area contributed by atoms with Crippen molar-refractivity contribution in [1.29, 1.82) is 0 Å². The minimum atomic E-state index is -0.252. The van der Waals surface area contributed by atoms with E-state index in [1.54, 1.807) is 61.7 Å². The van der Waals surface area contributed by atoms with E-state index < -0.39 is 0 Å². The first-order chi connectivity index (χ1) is 16.7. The van der Waals surface area contributed by atoms with Crippen LogP contribution in [0.3, 0.4) is 0 Å². The standard InChI is InChI=1S/C26H21N3O5/c1-31-21-7-2-3-8-23(21)34-25-15-20(27-16-28-25)17-5-4-6-18(13-17)26(30)29-19-9-10-22-24(14-19)33-12-11-32-22/h2-10,13-16H,11-12H2,1H3,(H,29,30). The van der Waals surface area contributed by atoms with Crippen LogP contribution in [-0.4, -0.2) is 36.2 Å². The molecule has 0 radical (unpaired) electrons. The number of hydrogen-bond donors (Lipinski definition) is 1. The molecule has 2 heterocycles. The van der Waals surface area contributed by atoms with Crippen molar-refractivity contribution in [2.75, 3.05) is 25.6 Å². The molecule has 0 spiro atoms. The number of aromatic nitrogens is 2. The number of nitrogens with zero attached hydrogens (tertiary/aromatic N) is 2. The van der Waals surface area contributed by atoms with Gasteiger partial charge in [0.15, 0.2) is 23.0 Å². The van der Waals surface area contributed by atoms with Gasteiger partial charge < -0.3 is 24.3 Å². The topological polar surface area (TPSA) is 91.8 Å². The van der Waals surface area contributed by atoms with Gasteiger partial charge in [-0.3, -0.25) is 4.79 Å². The highest BCUT2D eigenvalue weighted by molar-refractivity contribution is 6.05. The maximum absolute atomic E-state index is 12.9. The SMILES string of the molecule is COc1ccccc1Oc1cc(-c2cccc(C(=O)Nc3ccc4c(c3)OCCO4)c2)ncn1. The Kier molecular flexibility index (Phi) is 5.94. The molecule has 3 aromatic carbocycles. The van der Waals surface area contributed by atoms with E-state index in [0.29, 0.717) is 59.0 Å². The molecule has 0 bridgehead atoms. The van der Waals surface area contributed by atoms with Gasteiger partial charge in [-0.05, 0) is 36.4 Å². The quantitative estimate of drug-likeness (QED) is 0.439. The molecule has 1 aromatic heterocycles. The molecule has 34 heavy (non-hydrogen) atoms. The second-order valence-corrected chi connectivity index (χ2v) is 7.39. The fourth-order valence-corrected chi connectivity index (χ4v) is 3.51. The predicted molar refractivity (Wildman–Crippen MR) is 126 cm³/mol. The van der Waals surface area contributed by atoms with Gasteiger partial charge in [0.05, 0.1) is 12.8 Å². The van der Waals surface area contributed by atoms with Crippen molar-refractivity contribution in [3.63, 3.8) is 0 Å². The summed E-state index contributed by atoms with van der Waals surface area (Å²) in [6, 6.07) is 21.5. The van der Waals surface area contributed by atoms with Crippen LogP contribution in [0.15, 0.2) is 79.1 Å². The molecule has 1 aliphatic heterocycles. The van der Waals surface area contributed by atoms with Crippen LogP contribution in [-0.2, 0) is 0 Å². The highest BCUT2D eigenvalue weighted by atomic mass is 16.6. The van der Waals surface area contributed by atoms with Crippen LogP contribution in [0.4, 0.5) is 5.69 Å². The molecule has 0 saturated carbocycles. The molecule has 4 aromatic rings. The lowest BCUT2D eigenvalue weighted by Gasteiger charge is -2.19. The fraction of sp³-hybridized carbons (Fsp3) is 0.115. The molecule has 0 fully saturated rings. The Bertz CT molecular complexity index is 1340. The number of methoxy groups -OCH3 is 1. The minimum Gasteiger partial charge on any atom is -0.493 e. The number of carbonyl (C=O) groups is 1. The van der Waals surface area contributed by atoms with Crippen molar-refractivity contribution >= 4 is 11.6 Å². The number of amides is 1. The summed E-state index contributed by atoms with van der Waals surface area (Å²) in [7, 11) is 1.58. The van der Waals surface area contributed by atoms with Crippen LogP contribution < -0.4 is 24.3 Å². The van der Waals surface area contributed by atoms with Crippen LogP contribution in [0, 0.1) is 0 Å². The van der Waals surface area contributed by atoms with Crippen molar-refractivity contribution in [3.8, 4) is 40.1 Å². The molecule has 1 N–H and O–H groups in total. The lowest BCUT2D eigenvalue weighted by Crippen LogP contribution is -2.16. The van der Waals surface area contributed by atoms with Crippen LogP contribution >= 0.6 is 0 Å². The zero-order valence-electron chi connectivity index (χ0n) is 18.4. The molecule has 0 aliphatic carbocycles. The summed E-state index contributed by atoms with van der Waals surface area (Å²) >= 11 is 0. The Hall–Kier alpha value is -4.59. The second-order valence-electron chi connectivity index (χ2n) is 7.39. The zero-order valence-corrected chi connectivity index (χ0v) is 18.4. The number of anilines is 1. The molecule has 0 unspecified atom stereocenters. The summed E-state index contributed by atoms with van der Waals surface area (Å²) in [6.45, 7) is 0.994. The smallest absolute Gasteiger partial charge is 0.255 e. The van der Waals surface area contributed by atoms with Crippen molar-refractivity contribution < 1.29 is 23.7 Å². The highest BCUT2D eigenvalue weighted by Gasteiger charge is 2.14. The highest BCUT2D eigenvalue weighted by Crippen LogP contribution is 2.33. The maximum Gasteiger partial charge on any atom is 0.255 e. The summed E-state index contributed by atoms with van der Waals surface area (Å²) in [5, 5.41) is 2.90. The van der Waals surface area contributed by atoms with Gasteiger partial charge in [0.2, 0.25) is 5.88 Å². The van der Waals surface area contributed by atoms with E-state index in [2.05, 4.69) is 15.3 Å². The van der Waals surface area contributed by atoms with Gasteiger partial charge in [-0.2, -0.15) is 0 Å².